The molecule has 6 heterocycles. The van der Waals surface area contributed by atoms with Crippen LogP contribution in [0.1, 0.15) is 56.0 Å². The van der Waals surface area contributed by atoms with Crippen LogP contribution in [-0.4, -0.2) is 60.2 Å². The summed E-state index contributed by atoms with van der Waals surface area (Å²) in [6, 6.07) is 10.6. The lowest BCUT2D eigenvalue weighted by molar-refractivity contribution is 0.362. The highest BCUT2D eigenvalue weighted by Gasteiger charge is 2.34. The van der Waals surface area contributed by atoms with Crippen LogP contribution in [-0.2, 0) is 0 Å². The highest BCUT2D eigenvalue weighted by Crippen LogP contribution is 2.37. The Morgan fingerprint density at radius 2 is 1.68 bits per heavy atom. The first-order valence-electron chi connectivity index (χ1n) is 13.2. The number of hydrogen-bond donors (Lipinski definition) is 3. The third-order valence-electron chi connectivity index (χ3n) is 8.35. The number of anilines is 2. The zero-order valence-corrected chi connectivity index (χ0v) is 20.7. The second-order valence-corrected chi connectivity index (χ2v) is 10.7. The number of nitrogens with one attached hydrogen (secondary N) is 1. The van der Waals surface area contributed by atoms with Crippen molar-refractivity contribution in [2.24, 2.45) is 0 Å². The van der Waals surface area contributed by atoms with Crippen molar-refractivity contribution in [3.8, 4) is 17.0 Å². The van der Waals surface area contributed by atoms with E-state index in [-0.39, 0.29) is 11.8 Å². The molecule has 1 aromatic carbocycles. The molecule has 0 amide bonds. The highest BCUT2D eigenvalue weighted by atomic mass is 16.3. The molecule has 0 aliphatic carbocycles. The van der Waals surface area contributed by atoms with Crippen molar-refractivity contribution < 1.29 is 5.11 Å². The number of hydrogen-bond acceptors (Lipinski definition) is 9. The molecule has 3 aliphatic heterocycles. The molecule has 3 aliphatic rings. The maximum atomic E-state index is 10.3. The maximum absolute atomic E-state index is 10.3. The number of piperidine rings is 2. The molecule has 190 valence electrons. The molecule has 0 saturated carbocycles. The van der Waals surface area contributed by atoms with Gasteiger partial charge in [0.1, 0.15) is 5.75 Å². The third kappa shape index (κ3) is 4.05. The average molecular weight is 498 g/mol. The smallest absolute Gasteiger partial charge is 0.225 e. The van der Waals surface area contributed by atoms with Gasteiger partial charge in [0.05, 0.1) is 17.3 Å². The van der Waals surface area contributed by atoms with Gasteiger partial charge in [0.25, 0.3) is 0 Å². The normalized spacial score (nSPS) is 24.1. The zero-order chi connectivity index (χ0) is 24.9. The monoisotopic (exact) mass is 497 g/mol. The molecule has 4 aromatic rings. The Morgan fingerprint density at radius 3 is 2.41 bits per heavy atom. The summed E-state index contributed by atoms with van der Waals surface area (Å²) < 4.78 is 1.98. The van der Waals surface area contributed by atoms with Gasteiger partial charge in [-0.05, 0) is 68.2 Å². The number of nitrogens with two attached hydrogens (primary N) is 1. The number of aromatic nitrogens is 6. The Morgan fingerprint density at radius 1 is 0.946 bits per heavy atom. The molecule has 2 unspecified atom stereocenters. The Labute approximate surface area is 214 Å². The van der Waals surface area contributed by atoms with E-state index in [0.29, 0.717) is 40.6 Å². The molecule has 0 radical (unpaired) electrons. The highest BCUT2D eigenvalue weighted by molar-refractivity contribution is 5.87. The van der Waals surface area contributed by atoms with Gasteiger partial charge < -0.3 is 21.1 Å². The lowest BCUT2D eigenvalue weighted by Crippen LogP contribution is -2.37. The van der Waals surface area contributed by atoms with Crippen LogP contribution in [0.4, 0.5) is 11.8 Å². The number of benzene rings is 1. The van der Waals surface area contributed by atoms with Crippen LogP contribution in [0.15, 0.2) is 42.7 Å². The van der Waals surface area contributed by atoms with Crippen LogP contribution in [0.3, 0.4) is 0 Å². The van der Waals surface area contributed by atoms with E-state index in [1.54, 1.807) is 12.1 Å². The van der Waals surface area contributed by atoms with Crippen molar-refractivity contribution in [1.82, 2.24) is 35.3 Å². The summed E-state index contributed by atoms with van der Waals surface area (Å²) in [4.78, 5) is 11.8. The molecular weight excluding hydrogens is 466 g/mol. The molecule has 3 fully saturated rings. The van der Waals surface area contributed by atoms with Gasteiger partial charge in [0.2, 0.25) is 5.95 Å². The molecule has 37 heavy (non-hydrogen) atoms. The van der Waals surface area contributed by atoms with Crippen molar-refractivity contribution in [1.29, 1.82) is 0 Å². The van der Waals surface area contributed by atoms with E-state index in [2.05, 4.69) is 25.5 Å². The first-order valence-corrected chi connectivity index (χ1v) is 13.2. The van der Waals surface area contributed by atoms with Crippen LogP contribution >= 0.6 is 0 Å². The Kier molecular flexibility index (Phi) is 5.42. The SMILES string of the molecule is Nc1nn(C2CCN(c3ncc(C4CC5CCC(C4)N5)cn3)CC2)c2cc(-c3ccccc3O)nnc12. The van der Waals surface area contributed by atoms with Gasteiger partial charge in [-0.15, -0.1) is 10.2 Å². The summed E-state index contributed by atoms with van der Waals surface area (Å²) in [7, 11) is 0. The average Bonchev–Trinajstić information content (AvgIpc) is 3.46. The van der Waals surface area contributed by atoms with E-state index >= 15 is 0 Å². The summed E-state index contributed by atoms with van der Waals surface area (Å²) in [6.07, 6.45) is 10.9. The van der Waals surface area contributed by atoms with Crippen molar-refractivity contribution in [3.63, 3.8) is 0 Å². The maximum Gasteiger partial charge on any atom is 0.225 e. The lowest BCUT2D eigenvalue weighted by Gasteiger charge is -2.33. The molecule has 2 bridgehead atoms. The minimum Gasteiger partial charge on any atom is -0.507 e. The number of fused-ring (bicyclic) bond motifs is 3. The third-order valence-corrected chi connectivity index (χ3v) is 8.35. The van der Waals surface area contributed by atoms with E-state index in [4.69, 9.17) is 15.7 Å². The van der Waals surface area contributed by atoms with Crippen molar-refractivity contribution in [2.75, 3.05) is 23.7 Å². The standard InChI is InChI=1S/C27H31N9O/c28-26-25-23(13-22(32-33-25)21-3-1-2-4-24(21)37)36(34-26)20-7-9-35(10-8-20)27-29-14-17(15-30-27)16-11-18-5-6-19(12-16)31-18/h1-4,13-16,18-20,31,37H,5-12H2,(H2,28,34). The van der Waals surface area contributed by atoms with E-state index < -0.39 is 0 Å². The molecule has 2 atom stereocenters. The van der Waals surface area contributed by atoms with Gasteiger partial charge in [-0.1, -0.05) is 12.1 Å². The van der Waals surface area contributed by atoms with Gasteiger partial charge in [0.15, 0.2) is 11.3 Å². The summed E-state index contributed by atoms with van der Waals surface area (Å²) >= 11 is 0. The van der Waals surface area contributed by atoms with Crippen LogP contribution in [0.5, 0.6) is 5.75 Å². The van der Waals surface area contributed by atoms with E-state index in [1.807, 2.05) is 35.3 Å². The second-order valence-electron chi connectivity index (χ2n) is 10.7. The number of nitrogen functional groups attached to an aromatic ring is 1. The molecular formula is C27H31N9O. The number of aromatic hydroxyl groups is 1. The van der Waals surface area contributed by atoms with Crippen LogP contribution in [0.25, 0.3) is 22.3 Å². The van der Waals surface area contributed by atoms with E-state index in [9.17, 15) is 5.11 Å². The van der Waals surface area contributed by atoms with Crippen molar-refractivity contribution in [2.45, 2.75) is 62.6 Å². The Balaban J connectivity index is 1.07. The largest absolute Gasteiger partial charge is 0.507 e. The van der Waals surface area contributed by atoms with Gasteiger partial charge in [-0.3, -0.25) is 4.68 Å². The minimum absolute atomic E-state index is 0.169. The fraction of sp³-hybridized carbons (Fsp3) is 0.444. The molecule has 7 rings (SSSR count). The summed E-state index contributed by atoms with van der Waals surface area (Å²) in [6.45, 7) is 1.68. The topological polar surface area (TPSA) is 131 Å². The first-order chi connectivity index (χ1) is 18.1. The van der Waals surface area contributed by atoms with Crippen LogP contribution < -0.4 is 16.0 Å². The quantitative estimate of drug-likeness (QED) is 0.388. The van der Waals surface area contributed by atoms with Crippen molar-refractivity contribution >= 4 is 22.8 Å². The minimum atomic E-state index is 0.169. The lowest BCUT2D eigenvalue weighted by atomic mass is 9.88. The van der Waals surface area contributed by atoms with Crippen LogP contribution in [0, 0.1) is 0 Å². The van der Waals surface area contributed by atoms with Crippen molar-refractivity contribution in [3.05, 3.63) is 48.3 Å². The fourth-order valence-corrected chi connectivity index (χ4v) is 6.40. The Bertz CT molecular complexity index is 1420. The summed E-state index contributed by atoms with van der Waals surface area (Å²) in [5.74, 6) is 1.92. The molecule has 3 saturated heterocycles. The molecule has 10 heteroatoms. The molecule has 10 nitrogen and oxygen atoms in total. The van der Waals surface area contributed by atoms with Crippen LogP contribution in [0.2, 0.25) is 0 Å². The van der Waals surface area contributed by atoms with E-state index in [1.165, 1.54) is 31.2 Å². The second kappa shape index (κ2) is 8.95. The summed E-state index contributed by atoms with van der Waals surface area (Å²) in [5, 5.41) is 27.2. The first kappa shape index (κ1) is 22.4. The molecule has 3 aromatic heterocycles. The number of rotatable bonds is 4. The molecule has 0 spiro atoms. The number of nitrogens with zero attached hydrogens (tertiary/aromatic N) is 7. The number of para-hydroxylation sites is 1. The number of phenolic OH excluding ortho intramolecular Hbond substituents is 1. The fourth-order valence-electron chi connectivity index (χ4n) is 6.40. The molecule has 4 N–H and O–H groups in total. The van der Waals surface area contributed by atoms with E-state index in [0.717, 1.165) is 37.4 Å². The summed E-state index contributed by atoms with van der Waals surface area (Å²) in [5.41, 5.74) is 10.1. The Hall–Kier alpha value is -3.79. The van der Waals surface area contributed by atoms with Gasteiger partial charge in [-0.25, -0.2) is 9.97 Å². The predicted octanol–water partition coefficient (Wildman–Crippen LogP) is 3.41. The van der Waals surface area contributed by atoms with Gasteiger partial charge >= 0.3 is 0 Å². The zero-order valence-electron chi connectivity index (χ0n) is 20.7. The predicted molar refractivity (Wildman–Crippen MR) is 141 cm³/mol. The van der Waals surface area contributed by atoms with Gasteiger partial charge in [-0.2, -0.15) is 5.10 Å². The number of phenols is 1. The van der Waals surface area contributed by atoms with Gasteiger partial charge in [0, 0.05) is 43.1 Å².